The Labute approximate surface area is 108 Å². The summed E-state index contributed by atoms with van der Waals surface area (Å²) in [5, 5.41) is 5.64. The fourth-order valence-electron chi connectivity index (χ4n) is 1.52. The molecule has 0 bridgehead atoms. The third-order valence-corrected chi connectivity index (χ3v) is 2.38. The van der Waals surface area contributed by atoms with Crippen LogP contribution in [-0.4, -0.2) is 27.3 Å². The maximum Gasteiger partial charge on any atom is 0.435 e. The number of hydrogen-bond acceptors (Lipinski definition) is 3. The van der Waals surface area contributed by atoms with Crippen LogP contribution in [0.4, 0.5) is 32.2 Å². The zero-order valence-corrected chi connectivity index (χ0v) is 9.76. The SMILES string of the molecule is FC(F)(F)CCNc1nccn2nc(C(F)(F)F)cc12. The molecule has 0 aliphatic heterocycles. The highest BCUT2D eigenvalue weighted by Gasteiger charge is 2.34. The van der Waals surface area contributed by atoms with Crippen LogP contribution in [0.1, 0.15) is 12.1 Å². The maximum atomic E-state index is 12.5. The highest BCUT2D eigenvalue weighted by atomic mass is 19.4. The largest absolute Gasteiger partial charge is 0.435 e. The smallest absolute Gasteiger partial charge is 0.368 e. The van der Waals surface area contributed by atoms with Gasteiger partial charge in [0, 0.05) is 25.0 Å². The second kappa shape index (κ2) is 4.84. The Kier molecular flexibility index (Phi) is 3.48. The number of anilines is 1. The lowest BCUT2D eigenvalue weighted by atomic mass is 10.3. The van der Waals surface area contributed by atoms with Gasteiger partial charge in [0.25, 0.3) is 0 Å². The number of hydrogen-bond donors (Lipinski definition) is 1. The fourth-order valence-corrected chi connectivity index (χ4v) is 1.52. The molecular formula is C10H8F6N4. The summed E-state index contributed by atoms with van der Waals surface area (Å²) in [5.74, 6) is -0.0836. The molecule has 4 nitrogen and oxygen atoms in total. The van der Waals surface area contributed by atoms with Gasteiger partial charge in [-0.25, -0.2) is 9.50 Å². The summed E-state index contributed by atoms with van der Waals surface area (Å²) in [6, 6.07) is 0.725. The molecule has 1 N–H and O–H groups in total. The van der Waals surface area contributed by atoms with E-state index in [-0.39, 0.29) is 11.3 Å². The number of halogens is 6. The predicted octanol–water partition coefficient (Wildman–Crippen LogP) is 3.11. The molecule has 0 saturated heterocycles. The van der Waals surface area contributed by atoms with Crippen LogP contribution >= 0.6 is 0 Å². The van der Waals surface area contributed by atoms with E-state index in [2.05, 4.69) is 15.4 Å². The summed E-state index contributed by atoms with van der Waals surface area (Å²) < 4.78 is 74.4. The third kappa shape index (κ3) is 3.31. The van der Waals surface area contributed by atoms with Crippen molar-refractivity contribution < 1.29 is 26.3 Å². The standard InChI is InChI=1S/C10H8F6N4/c11-9(12,13)1-2-17-8-6-5-7(10(14,15)16)19-20(6)4-3-18-8/h3-5H,1-2H2,(H,17,18). The number of nitrogens with zero attached hydrogens (tertiary/aromatic N) is 3. The van der Waals surface area contributed by atoms with E-state index < -0.39 is 31.0 Å². The van der Waals surface area contributed by atoms with Crippen molar-refractivity contribution in [3.8, 4) is 0 Å². The molecule has 0 fully saturated rings. The summed E-state index contributed by atoms with van der Waals surface area (Å²) in [6.07, 6.45) is -7.77. The lowest BCUT2D eigenvalue weighted by molar-refractivity contribution is -0.141. The van der Waals surface area contributed by atoms with Crippen LogP contribution in [0.25, 0.3) is 5.52 Å². The second-order valence-electron chi connectivity index (χ2n) is 3.92. The average molecular weight is 298 g/mol. The summed E-state index contributed by atoms with van der Waals surface area (Å²) in [5.41, 5.74) is -1.17. The molecule has 0 aliphatic rings. The van der Waals surface area contributed by atoms with Crippen LogP contribution < -0.4 is 5.32 Å². The lowest BCUT2D eigenvalue weighted by Gasteiger charge is -2.08. The van der Waals surface area contributed by atoms with Gasteiger partial charge in [-0.1, -0.05) is 0 Å². The van der Waals surface area contributed by atoms with Gasteiger partial charge in [0.15, 0.2) is 11.5 Å². The van der Waals surface area contributed by atoms with E-state index in [1.165, 1.54) is 6.20 Å². The van der Waals surface area contributed by atoms with Crippen LogP contribution in [0, 0.1) is 0 Å². The lowest BCUT2D eigenvalue weighted by Crippen LogP contribution is -2.15. The Hall–Kier alpha value is -2.00. The Morgan fingerprint density at radius 1 is 1.15 bits per heavy atom. The van der Waals surface area contributed by atoms with E-state index in [4.69, 9.17) is 0 Å². The van der Waals surface area contributed by atoms with E-state index in [1.807, 2.05) is 0 Å². The van der Waals surface area contributed by atoms with Gasteiger partial charge in [0.2, 0.25) is 0 Å². The minimum absolute atomic E-state index is 0.0398. The molecule has 0 aliphatic carbocycles. The first-order valence-corrected chi connectivity index (χ1v) is 5.39. The van der Waals surface area contributed by atoms with Crippen molar-refractivity contribution in [2.75, 3.05) is 11.9 Å². The molecule has 0 aromatic carbocycles. The first kappa shape index (κ1) is 14.4. The van der Waals surface area contributed by atoms with Crippen molar-refractivity contribution in [3.05, 3.63) is 24.2 Å². The van der Waals surface area contributed by atoms with E-state index in [0.29, 0.717) is 0 Å². The minimum atomic E-state index is -4.63. The molecule has 110 valence electrons. The van der Waals surface area contributed by atoms with Gasteiger partial charge in [-0.05, 0) is 0 Å². The number of aromatic nitrogens is 3. The molecule has 0 atom stereocenters. The van der Waals surface area contributed by atoms with Crippen molar-refractivity contribution in [2.45, 2.75) is 18.8 Å². The summed E-state index contributed by atoms with van der Waals surface area (Å²) in [7, 11) is 0. The van der Waals surface area contributed by atoms with E-state index in [9.17, 15) is 26.3 Å². The molecule has 0 radical (unpaired) electrons. The van der Waals surface area contributed by atoms with E-state index in [0.717, 1.165) is 16.8 Å². The second-order valence-corrected chi connectivity index (χ2v) is 3.92. The van der Waals surface area contributed by atoms with Gasteiger partial charge in [-0.15, -0.1) is 0 Å². The van der Waals surface area contributed by atoms with Gasteiger partial charge in [0.05, 0.1) is 6.42 Å². The quantitative estimate of drug-likeness (QED) is 0.885. The third-order valence-electron chi connectivity index (χ3n) is 2.38. The Morgan fingerprint density at radius 2 is 1.85 bits per heavy atom. The predicted molar refractivity (Wildman–Crippen MR) is 57.2 cm³/mol. The van der Waals surface area contributed by atoms with E-state index >= 15 is 0 Å². The molecular weight excluding hydrogens is 290 g/mol. The van der Waals surface area contributed by atoms with Crippen LogP contribution in [-0.2, 0) is 6.18 Å². The molecule has 2 heterocycles. The van der Waals surface area contributed by atoms with Gasteiger partial charge in [-0.2, -0.15) is 31.4 Å². The summed E-state index contributed by atoms with van der Waals surface area (Å²) in [4.78, 5) is 3.72. The van der Waals surface area contributed by atoms with Gasteiger partial charge >= 0.3 is 12.4 Å². The Balaban J connectivity index is 2.23. The first-order valence-electron chi connectivity index (χ1n) is 5.39. The zero-order valence-electron chi connectivity index (χ0n) is 9.76. The normalized spacial score (nSPS) is 12.9. The van der Waals surface area contributed by atoms with Crippen molar-refractivity contribution in [2.24, 2.45) is 0 Å². The molecule has 20 heavy (non-hydrogen) atoms. The zero-order chi connectivity index (χ0) is 15.0. The number of rotatable bonds is 3. The molecule has 0 amide bonds. The van der Waals surface area contributed by atoms with Gasteiger partial charge < -0.3 is 5.32 Å². The van der Waals surface area contributed by atoms with Crippen LogP contribution in [0.3, 0.4) is 0 Å². The van der Waals surface area contributed by atoms with Crippen molar-refractivity contribution in [1.29, 1.82) is 0 Å². The molecule has 0 saturated carbocycles. The maximum absolute atomic E-state index is 12.5. The van der Waals surface area contributed by atoms with Gasteiger partial charge in [0.1, 0.15) is 5.52 Å². The van der Waals surface area contributed by atoms with Crippen LogP contribution in [0.2, 0.25) is 0 Å². The minimum Gasteiger partial charge on any atom is -0.368 e. The van der Waals surface area contributed by atoms with Crippen molar-refractivity contribution in [3.63, 3.8) is 0 Å². The molecule has 2 aromatic rings. The first-order chi connectivity index (χ1) is 9.17. The number of nitrogens with one attached hydrogen (secondary N) is 1. The fraction of sp³-hybridized carbons (Fsp3) is 0.400. The topological polar surface area (TPSA) is 42.2 Å². The highest BCUT2D eigenvalue weighted by Crippen LogP contribution is 2.30. The van der Waals surface area contributed by atoms with Crippen molar-refractivity contribution >= 4 is 11.3 Å². The van der Waals surface area contributed by atoms with Gasteiger partial charge in [-0.3, -0.25) is 0 Å². The molecule has 10 heteroatoms. The number of alkyl halides is 6. The van der Waals surface area contributed by atoms with E-state index in [1.54, 1.807) is 0 Å². The van der Waals surface area contributed by atoms with Crippen LogP contribution in [0.5, 0.6) is 0 Å². The van der Waals surface area contributed by atoms with Crippen LogP contribution in [0.15, 0.2) is 18.5 Å². The molecule has 2 aromatic heterocycles. The number of fused-ring (bicyclic) bond motifs is 1. The summed E-state index contributed by atoms with van der Waals surface area (Å²) in [6.45, 7) is -0.483. The molecule has 0 spiro atoms. The average Bonchev–Trinajstić information content (AvgIpc) is 2.71. The monoisotopic (exact) mass is 298 g/mol. The Morgan fingerprint density at radius 3 is 2.45 bits per heavy atom. The molecule has 2 rings (SSSR count). The summed E-state index contributed by atoms with van der Waals surface area (Å²) >= 11 is 0. The van der Waals surface area contributed by atoms with Crippen molar-refractivity contribution in [1.82, 2.24) is 14.6 Å². The highest BCUT2D eigenvalue weighted by molar-refractivity contribution is 5.67. The molecule has 0 unspecified atom stereocenters. The Bertz CT molecular complexity index is 600.